The summed E-state index contributed by atoms with van der Waals surface area (Å²) in [5.41, 5.74) is 0.0410. The highest BCUT2D eigenvalue weighted by molar-refractivity contribution is 5.95. The number of halogens is 1. The molecule has 0 aromatic heterocycles. The predicted molar refractivity (Wildman–Crippen MR) is 52.0 cm³/mol. The smallest absolute Gasteiger partial charge is 0.197 e. The molecule has 0 saturated heterocycles. The molecule has 0 spiro atoms. The van der Waals surface area contributed by atoms with Gasteiger partial charge in [0, 0.05) is 6.42 Å². The highest BCUT2D eigenvalue weighted by atomic mass is 19.1. The van der Waals surface area contributed by atoms with E-state index in [-0.39, 0.29) is 17.1 Å². The van der Waals surface area contributed by atoms with E-state index in [2.05, 4.69) is 0 Å². The summed E-state index contributed by atoms with van der Waals surface area (Å²) in [6.07, 6.45) is 0.712. The minimum atomic E-state index is -0.623. The summed E-state index contributed by atoms with van der Waals surface area (Å²) in [6, 6.07) is 2.99. The molecular formula is C11H11FO3. The third-order valence-corrected chi connectivity index (χ3v) is 2.23. The summed E-state index contributed by atoms with van der Waals surface area (Å²) in [6.45, 7) is 2.24. The fourth-order valence-corrected chi connectivity index (χ4v) is 1.47. The first-order chi connectivity index (χ1) is 7.20. The van der Waals surface area contributed by atoms with Crippen molar-refractivity contribution >= 4 is 5.78 Å². The van der Waals surface area contributed by atoms with E-state index in [1.165, 1.54) is 13.0 Å². The molecule has 0 radical (unpaired) electrons. The second-order valence-electron chi connectivity index (χ2n) is 3.36. The fraction of sp³-hybridized carbons (Fsp3) is 0.364. The fourth-order valence-electron chi connectivity index (χ4n) is 1.47. The number of hydrogen-bond donors (Lipinski definition) is 0. The van der Waals surface area contributed by atoms with E-state index in [0.29, 0.717) is 25.4 Å². The number of fused-ring (bicyclic) bond motifs is 1. The van der Waals surface area contributed by atoms with Gasteiger partial charge in [-0.25, -0.2) is 4.39 Å². The number of hydrogen-bond acceptors (Lipinski definition) is 3. The minimum Gasteiger partial charge on any atom is -0.489 e. The Hall–Kier alpha value is -1.58. The van der Waals surface area contributed by atoms with E-state index in [4.69, 9.17) is 9.47 Å². The second kappa shape index (κ2) is 3.88. The van der Waals surface area contributed by atoms with E-state index >= 15 is 0 Å². The Kier molecular flexibility index (Phi) is 2.58. The Morgan fingerprint density at radius 2 is 2.07 bits per heavy atom. The maximum Gasteiger partial charge on any atom is 0.197 e. The van der Waals surface area contributed by atoms with Gasteiger partial charge in [0.05, 0.1) is 18.8 Å². The Bertz CT molecular complexity index is 401. The molecule has 4 heteroatoms. The Balaban J connectivity index is 2.50. The molecule has 3 nitrogen and oxygen atoms in total. The largest absolute Gasteiger partial charge is 0.489 e. The van der Waals surface area contributed by atoms with Crippen molar-refractivity contribution in [3.8, 4) is 11.5 Å². The lowest BCUT2D eigenvalue weighted by molar-refractivity contribution is 0.101. The second-order valence-corrected chi connectivity index (χ2v) is 3.36. The molecule has 1 aliphatic rings. The monoisotopic (exact) mass is 210 g/mol. The van der Waals surface area contributed by atoms with Crippen LogP contribution >= 0.6 is 0 Å². The van der Waals surface area contributed by atoms with Crippen molar-refractivity contribution < 1.29 is 18.7 Å². The molecule has 1 heterocycles. The van der Waals surface area contributed by atoms with Gasteiger partial charge in [-0.05, 0) is 19.1 Å². The minimum absolute atomic E-state index is 0.0410. The molecule has 0 bridgehead atoms. The molecule has 0 aliphatic carbocycles. The average molecular weight is 210 g/mol. The first-order valence-corrected chi connectivity index (χ1v) is 4.79. The van der Waals surface area contributed by atoms with Crippen LogP contribution in [0.5, 0.6) is 11.5 Å². The summed E-state index contributed by atoms with van der Waals surface area (Å²) in [5.74, 6) is -0.514. The summed E-state index contributed by atoms with van der Waals surface area (Å²) >= 11 is 0. The quantitative estimate of drug-likeness (QED) is 0.666. The van der Waals surface area contributed by atoms with Crippen molar-refractivity contribution in [3.05, 3.63) is 23.5 Å². The van der Waals surface area contributed by atoms with Crippen LogP contribution in [0, 0.1) is 5.82 Å². The first kappa shape index (κ1) is 9.96. The van der Waals surface area contributed by atoms with Crippen LogP contribution < -0.4 is 9.47 Å². The van der Waals surface area contributed by atoms with Crippen molar-refractivity contribution in [2.24, 2.45) is 0 Å². The van der Waals surface area contributed by atoms with Gasteiger partial charge >= 0.3 is 0 Å². The van der Waals surface area contributed by atoms with Gasteiger partial charge in [0.15, 0.2) is 23.1 Å². The molecule has 0 amide bonds. The molecular weight excluding hydrogens is 199 g/mol. The van der Waals surface area contributed by atoms with Crippen molar-refractivity contribution in [3.63, 3.8) is 0 Å². The summed E-state index contributed by atoms with van der Waals surface area (Å²) in [7, 11) is 0. The lowest BCUT2D eigenvalue weighted by Crippen LogP contribution is -2.02. The van der Waals surface area contributed by atoms with Gasteiger partial charge in [0.25, 0.3) is 0 Å². The maximum absolute atomic E-state index is 13.8. The van der Waals surface area contributed by atoms with E-state index in [1.54, 1.807) is 6.07 Å². The van der Waals surface area contributed by atoms with Gasteiger partial charge < -0.3 is 9.47 Å². The van der Waals surface area contributed by atoms with Gasteiger partial charge in [-0.3, -0.25) is 4.79 Å². The number of carbonyl (C=O) groups is 1. The first-order valence-electron chi connectivity index (χ1n) is 4.79. The van der Waals surface area contributed by atoms with Crippen LogP contribution in [0.2, 0.25) is 0 Å². The molecule has 0 N–H and O–H groups in total. The van der Waals surface area contributed by atoms with Crippen LogP contribution in [-0.2, 0) is 0 Å². The summed E-state index contributed by atoms with van der Waals surface area (Å²) in [5, 5.41) is 0. The number of rotatable bonds is 1. The van der Waals surface area contributed by atoms with E-state index in [9.17, 15) is 9.18 Å². The van der Waals surface area contributed by atoms with Crippen LogP contribution in [0.1, 0.15) is 23.7 Å². The number of carbonyl (C=O) groups excluding carboxylic acids is 1. The highest BCUT2D eigenvalue weighted by Crippen LogP contribution is 2.34. The molecule has 0 fully saturated rings. The lowest BCUT2D eigenvalue weighted by Gasteiger charge is -2.09. The molecule has 15 heavy (non-hydrogen) atoms. The van der Waals surface area contributed by atoms with Gasteiger partial charge in [0.2, 0.25) is 0 Å². The van der Waals surface area contributed by atoms with Gasteiger partial charge in [-0.2, -0.15) is 0 Å². The maximum atomic E-state index is 13.8. The van der Waals surface area contributed by atoms with Crippen molar-refractivity contribution in [1.29, 1.82) is 0 Å². The molecule has 1 aromatic carbocycles. The highest BCUT2D eigenvalue weighted by Gasteiger charge is 2.20. The molecule has 1 aromatic rings. The van der Waals surface area contributed by atoms with E-state index < -0.39 is 5.82 Å². The normalized spacial score (nSPS) is 14.5. The standard InChI is InChI=1S/C11H11FO3/c1-7(13)8-3-4-9-11(10(8)12)15-6-2-5-14-9/h3-4H,2,5-6H2,1H3. The Morgan fingerprint density at radius 3 is 2.80 bits per heavy atom. The summed E-state index contributed by atoms with van der Waals surface area (Å²) < 4.78 is 24.3. The zero-order valence-electron chi connectivity index (χ0n) is 8.38. The number of Topliss-reactive ketones (excluding diaryl/α,β-unsaturated/α-hetero) is 1. The van der Waals surface area contributed by atoms with E-state index in [1.807, 2.05) is 0 Å². The molecule has 0 saturated carbocycles. The van der Waals surface area contributed by atoms with Gasteiger partial charge in [-0.15, -0.1) is 0 Å². The van der Waals surface area contributed by atoms with E-state index in [0.717, 1.165) is 0 Å². The molecule has 0 atom stereocenters. The summed E-state index contributed by atoms with van der Waals surface area (Å²) in [4.78, 5) is 11.1. The van der Waals surface area contributed by atoms with Crippen LogP contribution in [0.4, 0.5) is 4.39 Å². The van der Waals surface area contributed by atoms with Crippen LogP contribution in [0.15, 0.2) is 12.1 Å². The Labute approximate surface area is 86.8 Å². The third-order valence-electron chi connectivity index (χ3n) is 2.23. The number of benzene rings is 1. The topological polar surface area (TPSA) is 35.5 Å². The molecule has 0 unspecified atom stereocenters. The predicted octanol–water partition coefficient (Wildman–Crippen LogP) is 2.19. The zero-order chi connectivity index (χ0) is 10.8. The lowest BCUT2D eigenvalue weighted by atomic mass is 10.1. The Morgan fingerprint density at radius 1 is 1.33 bits per heavy atom. The third kappa shape index (κ3) is 1.79. The zero-order valence-corrected chi connectivity index (χ0v) is 8.38. The molecule has 2 rings (SSSR count). The van der Waals surface area contributed by atoms with Crippen molar-refractivity contribution in [2.75, 3.05) is 13.2 Å². The van der Waals surface area contributed by atoms with Gasteiger partial charge in [-0.1, -0.05) is 0 Å². The SMILES string of the molecule is CC(=O)c1ccc2c(c1F)OCCCO2. The van der Waals surface area contributed by atoms with Crippen molar-refractivity contribution in [1.82, 2.24) is 0 Å². The average Bonchev–Trinajstić information content (AvgIpc) is 2.43. The van der Waals surface area contributed by atoms with Crippen molar-refractivity contribution in [2.45, 2.75) is 13.3 Å². The molecule has 80 valence electrons. The van der Waals surface area contributed by atoms with Crippen LogP contribution in [-0.4, -0.2) is 19.0 Å². The molecule has 1 aliphatic heterocycles. The number of ether oxygens (including phenoxy) is 2. The van der Waals surface area contributed by atoms with Crippen LogP contribution in [0.25, 0.3) is 0 Å². The van der Waals surface area contributed by atoms with Gasteiger partial charge in [0.1, 0.15) is 0 Å². The van der Waals surface area contributed by atoms with Crippen LogP contribution in [0.3, 0.4) is 0 Å². The number of ketones is 1.